The molecular weight excluding hydrogens is 660 g/mol. The number of nitrogens with zero attached hydrogens (tertiary/aromatic N) is 5. The number of rotatable bonds is 11. The quantitative estimate of drug-likeness (QED) is 0.0831. The number of fused-ring (bicyclic) bond motifs is 2. The van der Waals surface area contributed by atoms with E-state index in [1.54, 1.807) is 0 Å². The minimum Gasteiger partial charge on any atom is -0.478 e. The number of thiazole rings is 1. The highest BCUT2D eigenvalue weighted by atomic mass is 35.5. The second-order valence-corrected chi connectivity index (χ2v) is 13.7. The molecule has 0 radical (unpaired) electrons. The molecule has 2 fully saturated rings. The van der Waals surface area contributed by atoms with Gasteiger partial charge in [-0.15, -0.1) is 11.8 Å². The van der Waals surface area contributed by atoms with E-state index in [9.17, 15) is 24.3 Å². The zero-order chi connectivity index (χ0) is 32.7. The Morgan fingerprint density at radius 2 is 2.15 bits per heavy atom. The van der Waals surface area contributed by atoms with Gasteiger partial charge < -0.3 is 36.0 Å². The number of hydrogen-bond acceptors (Lipinski definition) is 11. The van der Waals surface area contributed by atoms with Crippen LogP contribution in [0, 0.1) is 0 Å². The van der Waals surface area contributed by atoms with Gasteiger partial charge in [0.15, 0.2) is 23.6 Å². The van der Waals surface area contributed by atoms with Crippen LogP contribution in [0.15, 0.2) is 47.0 Å². The summed E-state index contributed by atoms with van der Waals surface area (Å²) in [5.74, 6) is -3.82. The van der Waals surface area contributed by atoms with Crippen molar-refractivity contribution >= 4 is 80.3 Å². The number of halogens is 1. The Bertz CT molecular complexity index is 1800. The Balaban J connectivity index is 1.22. The van der Waals surface area contributed by atoms with E-state index < -0.39 is 47.0 Å². The molecule has 4 atom stereocenters. The average Bonchev–Trinajstić information content (AvgIpc) is 3.77. The number of thioether (sulfide) groups is 1. The minimum atomic E-state index is -1.40. The number of β-lactam (4-membered cyclic amide) rings is 1. The topological polar surface area (TPSA) is 205 Å². The zero-order valence-electron chi connectivity index (χ0n) is 24.4. The number of oxime groups is 1. The normalized spacial score (nSPS) is 22.0. The standard InChI is InChI=1S/C28H29ClN8O7S2/c1-13(26(40)41)44-34-19(18-22(29)46-28(30)33-18)23(38)32-20-24(39)37-21(27(42)43)14(12-45-25(20)37)10-35-8-3-5-16-17(35)6-9-36(16)11-15-4-2-7-31-15/h3,5-6,8-9,13,15,20,25,31H,2,4,7,10-12H2,1H3,(H4-,30,32,33,38,40,41,42,43)/p+1/t13-,15-,20+,25+/m0/s1. The largest absolute Gasteiger partial charge is 0.478 e. The molecule has 3 aromatic rings. The summed E-state index contributed by atoms with van der Waals surface area (Å²) in [4.78, 5) is 60.6. The second-order valence-electron chi connectivity index (χ2n) is 11.0. The Hall–Kier alpha value is -4.19. The van der Waals surface area contributed by atoms with Gasteiger partial charge in [-0.05, 0) is 32.4 Å². The lowest BCUT2D eigenvalue weighted by Gasteiger charge is -2.49. The fourth-order valence-electron chi connectivity index (χ4n) is 5.72. The van der Waals surface area contributed by atoms with Crippen LogP contribution in [-0.2, 0) is 37.1 Å². The highest BCUT2D eigenvalue weighted by molar-refractivity contribution is 8.00. The first-order valence-electron chi connectivity index (χ1n) is 14.3. The van der Waals surface area contributed by atoms with E-state index in [0.717, 1.165) is 48.3 Å². The molecule has 6 rings (SSSR count). The molecule has 15 nitrogen and oxygen atoms in total. The number of pyridine rings is 1. The van der Waals surface area contributed by atoms with Gasteiger partial charge in [0.05, 0.1) is 0 Å². The van der Waals surface area contributed by atoms with E-state index in [1.807, 2.05) is 35.2 Å². The molecule has 6 heterocycles. The lowest BCUT2D eigenvalue weighted by molar-refractivity contribution is -0.663. The predicted octanol–water partition coefficient (Wildman–Crippen LogP) is 1.01. The first-order chi connectivity index (χ1) is 22.0. The summed E-state index contributed by atoms with van der Waals surface area (Å²) in [6.45, 7) is 3.32. The van der Waals surface area contributed by atoms with Gasteiger partial charge in [0, 0.05) is 42.2 Å². The van der Waals surface area contributed by atoms with Crippen LogP contribution in [0.2, 0.25) is 4.34 Å². The van der Waals surface area contributed by atoms with Crippen LogP contribution in [0.1, 0.15) is 25.5 Å². The molecule has 0 spiro atoms. The summed E-state index contributed by atoms with van der Waals surface area (Å²) >= 11 is 8.37. The molecule has 0 bridgehead atoms. The van der Waals surface area contributed by atoms with Crippen molar-refractivity contribution in [2.45, 2.75) is 56.4 Å². The number of aliphatic carboxylic acids is 2. The van der Waals surface area contributed by atoms with Crippen molar-refractivity contribution in [1.29, 1.82) is 0 Å². The summed E-state index contributed by atoms with van der Waals surface area (Å²) < 4.78 is 4.17. The maximum atomic E-state index is 13.4. The van der Waals surface area contributed by atoms with Crippen molar-refractivity contribution in [2.24, 2.45) is 5.16 Å². The first-order valence-corrected chi connectivity index (χ1v) is 16.6. The molecule has 6 N–H and O–H groups in total. The number of aromatic nitrogens is 3. The van der Waals surface area contributed by atoms with Crippen LogP contribution >= 0.6 is 34.7 Å². The SMILES string of the molecule is C[C@H](ON=C(C(=O)N[C@@H]1C(=O)N2C(C(=O)O)=C(C[n+]3cccc4c3ccn4C[C@@H]3CCCN3)CS[C@H]12)c1nc(N)sc1Cl)C(=O)O. The molecule has 2 amide bonds. The zero-order valence-corrected chi connectivity index (χ0v) is 26.8. The lowest BCUT2D eigenvalue weighted by atomic mass is 10.0. The van der Waals surface area contributed by atoms with Gasteiger partial charge in [-0.3, -0.25) is 14.5 Å². The molecule has 0 aromatic carbocycles. The Labute approximate surface area is 275 Å². The first kappa shape index (κ1) is 31.8. The lowest BCUT2D eigenvalue weighted by Crippen LogP contribution is -2.71. The number of amides is 2. The minimum absolute atomic E-state index is 0.00499. The van der Waals surface area contributed by atoms with E-state index in [0.29, 0.717) is 17.4 Å². The number of nitrogens with two attached hydrogens (primary N) is 1. The molecule has 2 saturated heterocycles. The van der Waals surface area contributed by atoms with E-state index in [-0.39, 0.29) is 27.4 Å². The third-order valence-corrected chi connectivity index (χ3v) is 10.4. The van der Waals surface area contributed by atoms with E-state index in [2.05, 4.69) is 25.3 Å². The molecule has 3 aliphatic rings. The van der Waals surface area contributed by atoms with Gasteiger partial charge in [-0.25, -0.2) is 14.6 Å². The number of hydrogen-bond donors (Lipinski definition) is 5. The Morgan fingerprint density at radius 1 is 1.35 bits per heavy atom. The maximum Gasteiger partial charge on any atom is 0.352 e. The van der Waals surface area contributed by atoms with E-state index in [4.69, 9.17) is 27.3 Å². The fourth-order valence-corrected chi connectivity index (χ4v) is 7.98. The summed E-state index contributed by atoms with van der Waals surface area (Å²) in [7, 11) is 0. The molecule has 3 aromatic heterocycles. The van der Waals surface area contributed by atoms with Crippen molar-refractivity contribution in [1.82, 2.24) is 25.1 Å². The Morgan fingerprint density at radius 3 is 2.83 bits per heavy atom. The number of carbonyl (C=O) groups is 4. The van der Waals surface area contributed by atoms with Gasteiger partial charge in [-0.2, -0.15) is 4.57 Å². The molecule has 46 heavy (non-hydrogen) atoms. The monoisotopic (exact) mass is 689 g/mol. The van der Waals surface area contributed by atoms with Gasteiger partial charge in [0.1, 0.15) is 32.7 Å². The number of nitrogens with one attached hydrogen (secondary N) is 2. The van der Waals surface area contributed by atoms with Crippen molar-refractivity contribution < 1.29 is 38.8 Å². The molecule has 0 aliphatic carbocycles. The summed E-state index contributed by atoms with van der Waals surface area (Å²) in [6, 6.07) is 5.27. The second kappa shape index (κ2) is 12.9. The van der Waals surface area contributed by atoms with Crippen LogP contribution in [0.3, 0.4) is 0 Å². The van der Waals surface area contributed by atoms with E-state index in [1.165, 1.54) is 23.6 Å². The van der Waals surface area contributed by atoms with Gasteiger partial charge >= 0.3 is 11.9 Å². The number of anilines is 1. The number of carboxylic acid groups (broad SMARTS) is 2. The van der Waals surface area contributed by atoms with Crippen LogP contribution in [-0.4, -0.2) is 90.0 Å². The van der Waals surface area contributed by atoms with Crippen molar-refractivity contribution in [3.8, 4) is 0 Å². The predicted molar refractivity (Wildman–Crippen MR) is 169 cm³/mol. The smallest absolute Gasteiger partial charge is 0.352 e. The van der Waals surface area contributed by atoms with Gasteiger partial charge in [-0.1, -0.05) is 28.1 Å². The number of carbonyl (C=O) groups excluding carboxylic acids is 2. The summed E-state index contributed by atoms with van der Waals surface area (Å²) in [5, 5.41) is 28.4. The van der Waals surface area contributed by atoms with Crippen molar-refractivity contribution in [3.05, 3.63) is 51.9 Å². The van der Waals surface area contributed by atoms with Crippen LogP contribution in [0.25, 0.3) is 11.0 Å². The Kier molecular flexibility index (Phi) is 8.91. The van der Waals surface area contributed by atoms with Crippen molar-refractivity contribution in [2.75, 3.05) is 18.0 Å². The average molecular weight is 690 g/mol. The highest BCUT2D eigenvalue weighted by Crippen LogP contribution is 2.40. The third-order valence-electron chi connectivity index (χ3n) is 7.98. The number of carboxylic acids is 2. The highest BCUT2D eigenvalue weighted by Gasteiger charge is 2.55. The van der Waals surface area contributed by atoms with Crippen LogP contribution in [0.4, 0.5) is 5.13 Å². The molecule has 3 aliphatic heterocycles. The van der Waals surface area contributed by atoms with Crippen molar-refractivity contribution in [3.63, 3.8) is 0 Å². The van der Waals surface area contributed by atoms with Crippen LogP contribution in [0.5, 0.6) is 0 Å². The molecule has 0 unspecified atom stereocenters. The van der Waals surface area contributed by atoms with Gasteiger partial charge in [0.2, 0.25) is 11.6 Å². The molecule has 18 heteroatoms. The maximum absolute atomic E-state index is 13.4. The fraction of sp³-hybridized carbons (Fsp3) is 0.393. The molecule has 242 valence electrons. The number of nitrogen functional groups attached to an aromatic ring is 1. The third kappa shape index (κ3) is 6.02. The summed E-state index contributed by atoms with van der Waals surface area (Å²) in [5.41, 5.74) is 7.49. The van der Waals surface area contributed by atoms with Gasteiger partial charge in [0.25, 0.3) is 11.8 Å². The van der Waals surface area contributed by atoms with Crippen LogP contribution < -0.4 is 20.9 Å². The molecular formula is C28H30ClN8O7S2+. The van der Waals surface area contributed by atoms with E-state index >= 15 is 0 Å². The summed E-state index contributed by atoms with van der Waals surface area (Å²) in [6.07, 6.45) is 4.78. The molecule has 0 saturated carbocycles.